The van der Waals surface area contributed by atoms with E-state index in [0.717, 1.165) is 11.4 Å². The smallest absolute Gasteiger partial charge is 0.142 e. The number of hydrogen-bond acceptors (Lipinski definition) is 4. The minimum absolute atomic E-state index is 0.0560. The summed E-state index contributed by atoms with van der Waals surface area (Å²) < 4.78 is 5.51. The van der Waals surface area contributed by atoms with Crippen LogP contribution in [-0.2, 0) is 0 Å². The van der Waals surface area contributed by atoms with Crippen molar-refractivity contribution in [2.45, 2.75) is 6.92 Å². The molecule has 0 saturated carbocycles. The van der Waals surface area contributed by atoms with Gasteiger partial charge in [-0.15, -0.1) is 0 Å². The number of hydrogen-bond donors (Lipinski definition) is 2. The molecule has 0 heterocycles. The second kappa shape index (κ2) is 7.09. The zero-order chi connectivity index (χ0) is 11.8. The molecule has 0 aliphatic heterocycles. The van der Waals surface area contributed by atoms with Crippen LogP contribution in [0.25, 0.3) is 0 Å². The van der Waals surface area contributed by atoms with Gasteiger partial charge in [0, 0.05) is 13.1 Å². The second-order valence-corrected chi connectivity index (χ2v) is 3.33. The standard InChI is InChI=1S/C12H19NO3/c1-2-16-12-6-4-3-5-11(12)13(7-9-14)8-10-15/h3-6,14-15H,2,7-10H2,1H3. The van der Waals surface area contributed by atoms with Crippen molar-refractivity contribution in [3.05, 3.63) is 24.3 Å². The van der Waals surface area contributed by atoms with Crippen molar-refractivity contribution >= 4 is 5.69 Å². The molecule has 0 aromatic heterocycles. The number of ether oxygens (including phenoxy) is 1. The molecule has 0 saturated heterocycles. The zero-order valence-electron chi connectivity index (χ0n) is 9.59. The molecule has 0 fully saturated rings. The summed E-state index contributed by atoms with van der Waals surface area (Å²) in [5, 5.41) is 18.0. The third kappa shape index (κ3) is 3.40. The van der Waals surface area contributed by atoms with E-state index in [1.54, 1.807) is 0 Å². The first-order valence-electron chi connectivity index (χ1n) is 5.52. The van der Waals surface area contributed by atoms with E-state index in [4.69, 9.17) is 14.9 Å². The van der Waals surface area contributed by atoms with Gasteiger partial charge in [-0.05, 0) is 19.1 Å². The highest BCUT2D eigenvalue weighted by atomic mass is 16.5. The van der Waals surface area contributed by atoms with Gasteiger partial charge in [0.05, 0.1) is 25.5 Å². The molecule has 0 bridgehead atoms. The average molecular weight is 225 g/mol. The van der Waals surface area contributed by atoms with Gasteiger partial charge >= 0.3 is 0 Å². The molecule has 0 atom stereocenters. The summed E-state index contributed by atoms with van der Waals surface area (Å²) in [4.78, 5) is 1.91. The monoisotopic (exact) mass is 225 g/mol. The third-order valence-electron chi connectivity index (χ3n) is 2.25. The first-order chi connectivity index (χ1) is 7.83. The highest BCUT2D eigenvalue weighted by Crippen LogP contribution is 2.27. The molecule has 1 aromatic carbocycles. The van der Waals surface area contributed by atoms with Crippen molar-refractivity contribution < 1.29 is 14.9 Å². The predicted molar refractivity (Wildman–Crippen MR) is 64.0 cm³/mol. The Morgan fingerprint density at radius 1 is 1.12 bits per heavy atom. The lowest BCUT2D eigenvalue weighted by atomic mass is 10.2. The van der Waals surface area contributed by atoms with Crippen LogP contribution >= 0.6 is 0 Å². The van der Waals surface area contributed by atoms with Gasteiger partial charge in [0.2, 0.25) is 0 Å². The Kier molecular flexibility index (Phi) is 5.67. The van der Waals surface area contributed by atoms with Gasteiger partial charge in [-0.1, -0.05) is 12.1 Å². The lowest BCUT2D eigenvalue weighted by Gasteiger charge is -2.25. The topological polar surface area (TPSA) is 52.9 Å². The molecule has 0 spiro atoms. The van der Waals surface area contributed by atoms with Crippen LogP contribution in [0, 0.1) is 0 Å². The molecule has 1 aromatic rings. The fourth-order valence-electron chi connectivity index (χ4n) is 1.59. The largest absolute Gasteiger partial charge is 0.492 e. The predicted octanol–water partition coefficient (Wildman–Crippen LogP) is 0.876. The van der Waals surface area contributed by atoms with Crippen molar-refractivity contribution in [2.75, 3.05) is 37.8 Å². The SMILES string of the molecule is CCOc1ccccc1N(CCO)CCO. The van der Waals surface area contributed by atoms with Crippen molar-refractivity contribution in [1.82, 2.24) is 0 Å². The van der Waals surface area contributed by atoms with Gasteiger partial charge in [0.25, 0.3) is 0 Å². The molecule has 90 valence electrons. The van der Waals surface area contributed by atoms with Crippen molar-refractivity contribution in [2.24, 2.45) is 0 Å². The Morgan fingerprint density at radius 3 is 2.31 bits per heavy atom. The quantitative estimate of drug-likeness (QED) is 0.723. The number of rotatable bonds is 7. The number of nitrogens with zero attached hydrogens (tertiary/aromatic N) is 1. The maximum Gasteiger partial charge on any atom is 0.142 e. The molecular weight excluding hydrogens is 206 g/mol. The lowest BCUT2D eigenvalue weighted by Crippen LogP contribution is -2.30. The fourth-order valence-corrected chi connectivity index (χ4v) is 1.59. The third-order valence-corrected chi connectivity index (χ3v) is 2.25. The van der Waals surface area contributed by atoms with E-state index in [1.807, 2.05) is 36.1 Å². The van der Waals surface area contributed by atoms with E-state index < -0.39 is 0 Å². The average Bonchev–Trinajstić information content (AvgIpc) is 2.30. The maximum atomic E-state index is 8.98. The lowest BCUT2D eigenvalue weighted by molar-refractivity contribution is 0.279. The first-order valence-corrected chi connectivity index (χ1v) is 5.52. The Morgan fingerprint density at radius 2 is 1.75 bits per heavy atom. The van der Waals surface area contributed by atoms with Gasteiger partial charge in [-0.25, -0.2) is 0 Å². The summed E-state index contributed by atoms with van der Waals surface area (Å²) in [6.45, 7) is 3.62. The van der Waals surface area contributed by atoms with Crippen molar-refractivity contribution in [3.8, 4) is 5.75 Å². The molecule has 0 aliphatic carbocycles. The number of benzene rings is 1. The molecule has 4 heteroatoms. The normalized spacial score (nSPS) is 10.2. The van der Waals surface area contributed by atoms with Crippen LogP contribution in [0.4, 0.5) is 5.69 Å². The zero-order valence-corrected chi connectivity index (χ0v) is 9.59. The van der Waals surface area contributed by atoms with E-state index >= 15 is 0 Å². The summed E-state index contributed by atoms with van der Waals surface area (Å²) in [5.41, 5.74) is 0.910. The Hall–Kier alpha value is -1.26. The number of para-hydroxylation sites is 2. The summed E-state index contributed by atoms with van der Waals surface area (Å²) in [6, 6.07) is 7.64. The Balaban J connectivity index is 2.87. The van der Waals surface area contributed by atoms with Crippen LogP contribution in [0.3, 0.4) is 0 Å². The van der Waals surface area contributed by atoms with Gasteiger partial charge in [0.15, 0.2) is 0 Å². The van der Waals surface area contributed by atoms with Gasteiger partial charge < -0.3 is 19.8 Å². The summed E-state index contributed by atoms with van der Waals surface area (Å²) in [5.74, 6) is 0.784. The van der Waals surface area contributed by atoms with Crippen LogP contribution in [0.1, 0.15) is 6.92 Å². The molecule has 0 aliphatic rings. The summed E-state index contributed by atoms with van der Waals surface area (Å²) in [6.07, 6.45) is 0. The van der Waals surface area contributed by atoms with Crippen molar-refractivity contribution in [3.63, 3.8) is 0 Å². The fraction of sp³-hybridized carbons (Fsp3) is 0.500. The minimum Gasteiger partial charge on any atom is -0.492 e. The molecule has 0 amide bonds. The maximum absolute atomic E-state index is 8.98. The van der Waals surface area contributed by atoms with E-state index in [9.17, 15) is 0 Å². The molecule has 0 unspecified atom stereocenters. The van der Waals surface area contributed by atoms with Crippen LogP contribution < -0.4 is 9.64 Å². The van der Waals surface area contributed by atoms with E-state index in [1.165, 1.54) is 0 Å². The molecule has 2 N–H and O–H groups in total. The van der Waals surface area contributed by atoms with Crippen LogP contribution in [0.15, 0.2) is 24.3 Å². The summed E-state index contributed by atoms with van der Waals surface area (Å²) in [7, 11) is 0. The molecule has 4 nitrogen and oxygen atoms in total. The number of aliphatic hydroxyl groups is 2. The van der Waals surface area contributed by atoms with Crippen LogP contribution in [0.5, 0.6) is 5.75 Å². The van der Waals surface area contributed by atoms with Crippen LogP contribution in [-0.4, -0.2) is 43.1 Å². The van der Waals surface area contributed by atoms with Crippen LogP contribution in [0.2, 0.25) is 0 Å². The highest BCUT2D eigenvalue weighted by molar-refractivity contribution is 5.58. The second-order valence-electron chi connectivity index (χ2n) is 3.33. The number of anilines is 1. The number of aliphatic hydroxyl groups excluding tert-OH is 2. The van der Waals surface area contributed by atoms with Gasteiger partial charge in [0.1, 0.15) is 5.75 Å². The van der Waals surface area contributed by atoms with Gasteiger partial charge in [-0.3, -0.25) is 0 Å². The summed E-state index contributed by atoms with van der Waals surface area (Å²) >= 11 is 0. The van der Waals surface area contributed by atoms with E-state index in [2.05, 4.69) is 0 Å². The first kappa shape index (κ1) is 12.8. The minimum atomic E-state index is 0.0560. The van der Waals surface area contributed by atoms with E-state index in [-0.39, 0.29) is 13.2 Å². The molecule has 16 heavy (non-hydrogen) atoms. The molecule has 1 rings (SSSR count). The Bertz CT molecular complexity index is 298. The highest BCUT2D eigenvalue weighted by Gasteiger charge is 2.10. The molecule has 0 radical (unpaired) electrons. The van der Waals surface area contributed by atoms with Crippen molar-refractivity contribution in [1.29, 1.82) is 0 Å². The van der Waals surface area contributed by atoms with Gasteiger partial charge in [-0.2, -0.15) is 0 Å². The van der Waals surface area contributed by atoms with E-state index in [0.29, 0.717) is 19.7 Å². The Labute approximate surface area is 96.1 Å². The molecular formula is C12H19NO3.